The maximum Gasteiger partial charge on any atom is 0.191 e. The first-order valence-corrected chi connectivity index (χ1v) is 8.51. The van der Waals surface area contributed by atoms with Crippen molar-refractivity contribution in [1.82, 2.24) is 15.5 Å². The summed E-state index contributed by atoms with van der Waals surface area (Å²) >= 11 is 0. The lowest BCUT2D eigenvalue weighted by Crippen LogP contribution is -2.42. The van der Waals surface area contributed by atoms with Crippen LogP contribution in [0, 0.1) is 0 Å². The van der Waals surface area contributed by atoms with Gasteiger partial charge in [0, 0.05) is 39.9 Å². The third-order valence-corrected chi connectivity index (χ3v) is 4.08. The molecular formula is C16H35IN4O2. The van der Waals surface area contributed by atoms with Crippen LogP contribution in [0.1, 0.15) is 39.0 Å². The summed E-state index contributed by atoms with van der Waals surface area (Å²) in [5.74, 6) is 0.799. The van der Waals surface area contributed by atoms with Crippen molar-refractivity contribution in [3.05, 3.63) is 0 Å². The number of aliphatic imine (C=N–C) groups is 1. The van der Waals surface area contributed by atoms with Crippen LogP contribution in [0.2, 0.25) is 0 Å². The Balaban J connectivity index is 0.00000484. The summed E-state index contributed by atoms with van der Waals surface area (Å²) in [6.07, 6.45) is 5.02. The highest BCUT2D eigenvalue weighted by Crippen LogP contribution is 2.29. The summed E-state index contributed by atoms with van der Waals surface area (Å²) in [7, 11) is 3.85. The molecule has 1 fully saturated rings. The second-order valence-electron chi connectivity index (χ2n) is 6.20. The van der Waals surface area contributed by atoms with E-state index in [0.717, 1.165) is 70.8 Å². The third kappa shape index (κ3) is 10.4. The van der Waals surface area contributed by atoms with Crippen LogP contribution in [-0.2, 0) is 4.74 Å². The van der Waals surface area contributed by atoms with Crippen molar-refractivity contribution in [1.29, 1.82) is 0 Å². The van der Waals surface area contributed by atoms with Gasteiger partial charge >= 0.3 is 0 Å². The van der Waals surface area contributed by atoms with Gasteiger partial charge in [0.15, 0.2) is 5.96 Å². The van der Waals surface area contributed by atoms with Gasteiger partial charge in [-0.2, -0.15) is 0 Å². The van der Waals surface area contributed by atoms with Crippen LogP contribution >= 0.6 is 24.0 Å². The number of nitrogens with zero attached hydrogens (tertiary/aromatic N) is 2. The minimum atomic E-state index is -0.584. The van der Waals surface area contributed by atoms with Gasteiger partial charge in [-0.3, -0.25) is 4.99 Å². The van der Waals surface area contributed by atoms with Crippen LogP contribution in [0.25, 0.3) is 0 Å². The highest BCUT2D eigenvalue weighted by Gasteiger charge is 2.30. The van der Waals surface area contributed by atoms with Crippen LogP contribution in [0.4, 0.5) is 0 Å². The molecule has 138 valence electrons. The zero-order chi connectivity index (χ0) is 16.3. The van der Waals surface area contributed by atoms with Crippen LogP contribution in [-0.4, -0.2) is 75.1 Å². The van der Waals surface area contributed by atoms with Crippen molar-refractivity contribution >= 4 is 29.9 Å². The fourth-order valence-corrected chi connectivity index (χ4v) is 2.71. The quantitative estimate of drug-likeness (QED) is 0.207. The first kappa shape index (κ1) is 22.9. The molecule has 6 nitrogen and oxygen atoms in total. The molecule has 1 saturated carbocycles. The minimum absolute atomic E-state index is 0. The first-order valence-electron chi connectivity index (χ1n) is 8.51. The summed E-state index contributed by atoms with van der Waals surface area (Å²) in [6.45, 7) is 7.01. The van der Waals surface area contributed by atoms with Crippen LogP contribution in [0.5, 0.6) is 0 Å². The minimum Gasteiger partial charge on any atom is -0.388 e. The Morgan fingerprint density at radius 2 is 1.96 bits per heavy atom. The second-order valence-corrected chi connectivity index (χ2v) is 6.20. The molecule has 0 aliphatic heterocycles. The number of nitrogens with one attached hydrogen (secondary N) is 2. The van der Waals surface area contributed by atoms with E-state index < -0.39 is 5.60 Å². The molecule has 0 heterocycles. The molecule has 0 atom stereocenters. The molecule has 0 aromatic heterocycles. The number of aliphatic hydroxyl groups is 1. The monoisotopic (exact) mass is 442 g/mol. The maximum atomic E-state index is 10.4. The van der Waals surface area contributed by atoms with Crippen molar-refractivity contribution in [2.24, 2.45) is 4.99 Å². The molecule has 0 amide bonds. The number of methoxy groups -OCH3 is 1. The number of hydrogen-bond acceptors (Lipinski definition) is 4. The Morgan fingerprint density at radius 1 is 1.26 bits per heavy atom. The average molecular weight is 442 g/mol. The van der Waals surface area contributed by atoms with Gasteiger partial charge in [-0.05, 0) is 33.2 Å². The Labute approximate surface area is 158 Å². The molecule has 3 N–H and O–H groups in total. The van der Waals surface area contributed by atoms with Gasteiger partial charge in [-0.25, -0.2) is 0 Å². The molecule has 1 aliphatic rings. The Morgan fingerprint density at radius 3 is 2.57 bits per heavy atom. The molecule has 0 aromatic rings. The van der Waals surface area contributed by atoms with E-state index in [2.05, 4.69) is 34.5 Å². The molecule has 0 aromatic carbocycles. The lowest BCUT2D eigenvalue weighted by Gasteiger charge is -2.21. The fraction of sp³-hybridized carbons (Fsp3) is 0.938. The lowest BCUT2D eigenvalue weighted by atomic mass is 10.0. The second kappa shape index (κ2) is 13.2. The van der Waals surface area contributed by atoms with Gasteiger partial charge in [0.25, 0.3) is 0 Å². The zero-order valence-corrected chi connectivity index (χ0v) is 17.3. The number of halogens is 1. The van der Waals surface area contributed by atoms with E-state index in [1.807, 2.05) is 0 Å². The fourth-order valence-electron chi connectivity index (χ4n) is 2.71. The van der Waals surface area contributed by atoms with Crippen LogP contribution < -0.4 is 10.6 Å². The topological polar surface area (TPSA) is 69.1 Å². The number of guanidine groups is 1. The summed E-state index contributed by atoms with van der Waals surface area (Å²) in [5, 5.41) is 16.9. The van der Waals surface area contributed by atoms with E-state index in [1.54, 1.807) is 7.11 Å². The van der Waals surface area contributed by atoms with Crippen LogP contribution in [0.15, 0.2) is 4.99 Å². The van der Waals surface area contributed by atoms with E-state index in [-0.39, 0.29) is 24.0 Å². The summed E-state index contributed by atoms with van der Waals surface area (Å²) < 4.78 is 5.06. The molecule has 0 saturated heterocycles. The van der Waals surface area contributed by atoms with E-state index >= 15 is 0 Å². The zero-order valence-electron chi connectivity index (χ0n) is 14.9. The van der Waals surface area contributed by atoms with Crippen molar-refractivity contribution in [3.8, 4) is 0 Å². The number of ether oxygens (including phenoxy) is 1. The molecule has 0 unspecified atom stereocenters. The van der Waals surface area contributed by atoms with E-state index in [9.17, 15) is 5.11 Å². The molecule has 0 bridgehead atoms. The van der Waals surface area contributed by atoms with E-state index in [0.29, 0.717) is 6.54 Å². The average Bonchev–Trinajstić information content (AvgIpc) is 2.92. The molecule has 7 heteroatoms. The molecule has 23 heavy (non-hydrogen) atoms. The summed E-state index contributed by atoms with van der Waals surface area (Å²) in [6, 6.07) is 0. The summed E-state index contributed by atoms with van der Waals surface area (Å²) in [5.41, 5.74) is -0.584. The van der Waals surface area contributed by atoms with E-state index in [1.165, 1.54) is 0 Å². The van der Waals surface area contributed by atoms with E-state index in [4.69, 9.17) is 4.74 Å². The number of rotatable bonds is 10. The molecular weight excluding hydrogens is 407 g/mol. The Hall–Kier alpha value is -0.120. The van der Waals surface area contributed by atoms with Crippen molar-refractivity contribution in [2.45, 2.75) is 44.6 Å². The predicted octanol–water partition coefficient (Wildman–Crippen LogP) is 1.43. The van der Waals surface area contributed by atoms with Crippen molar-refractivity contribution in [3.63, 3.8) is 0 Å². The largest absolute Gasteiger partial charge is 0.388 e. The van der Waals surface area contributed by atoms with Gasteiger partial charge in [0.05, 0.1) is 12.1 Å². The predicted molar refractivity (Wildman–Crippen MR) is 107 cm³/mol. The molecule has 1 rings (SSSR count). The number of likely N-dealkylation sites (N-methyl/N-ethyl adjacent to an activating group) is 1. The highest BCUT2D eigenvalue weighted by atomic mass is 127. The molecule has 0 radical (unpaired) electrons. The van der Waals surface area contributed by atoms with Crippen molar-refractivity contribution in [2.75, 3.05) is 53.5 Å². The summed E-state index contributed by atoms with van der Waals surface area (Å²) in [4.78, 5) is 6.82. The van der Waals surface area contributed by atoms with Gasteiger partial charge in [-0.1, -0.05) is 12.8 Å². The standard InChI is InChI=1S/C16H34N4O2.HI/c1-4-17-15(19-14-16(21)8-5-6-9-16)18-10-12-20(2)11-7-13-22-3;/h21H,4-14H2,1-3H3,(H2,17,18,19);1H. The smallest absolute Gasteiger partial charge is 0.191 e. The molecule has 0 spiro atoms. The van der Waals surface area contributed by atoms with Gasteiger partial charge in [0.1, 0.15) is 0 Å². The molecule has 1 aliphatic carbocycles. The van der Waals surface area contributed by atoms with Crippen molar-refractivity contribution < 1.29 is 9.84 Å². The lowest BCUT2D eigenvalue weighted by molar-refractivity contribution is 0.0574. The number of hydrogen-bond donors (Lipinski definition) is 3. The highest BCUT2D eigenvalue weighted by molar-refractivity contribution is 14.0. The Bertz CT molecular complexity index is 323. The normalized spacial score (nSPS) is 17.2. The third-order valence-electron chi connectivity index (χ3n) is 4.08. The SMILES string of the molecule is CCNC(=NCC1(O)CCCC1)NCCN(C)CCCOC.I. The van der Waals surface area contributed by atoms with Gasteiger partial charge in [0.2, 0.25) is 0 Å². The van der Waals surface area contributed by atoms with Crippen LogP contribution in [0.3, 0.4) is 0 Å². The van der Waals surface area contributed by atoms with Gasteiger partial charge in [-0.15, -0.1) is 24.0 Å². The first-order chi connectivity index (χ1) is 10.6. The maximum absolute atomic E-state index is 10.4. The Kier molecular flexibility index (Phi) is 13.1. The van der Waals surface area contributed by atoms with Gasteiger partial charge < -0.3 is 25.4 Å².